The van der Waals surface area contributed by atoms with Crippen molar-refractivity contribution >= 4 is 11.2 Å². The van der Waals surface area contributed by atoms with Gasteiger partial charge in [0.2, 0.25) is 0 Å². The van der Waals surface area contributed by atoms with Crippen molar-refractivity contribution in [3.8, 4) is 0 Å². The van der Waals surface area contributed by atoms with Crippen LogP contribution in [0.15, 0.2) is 48.7 Å². The van der Waals surface area contributed by atoms with E-state index in [1.54, 1.807) is 6.20 Å². The van der Waals surface area contributed by atoms with Crippen molar-refractivity contribution in [1.82, 2.24) is 19.9 Å². The Balaban J connectivity index is 1.41. The Morgan fingerprint density at radius 3 is 2.64 bits per heavy atom. The predicted molar refractivity (Wildman–Crippen MR) is 87.6 cm³/mol. The highest BCUT2D eigenvalue weighted by Gasteiger charge is 2.23. The van der Waals surface area contributed by atoms with Crippen LogP contribution in [-0.4, -0.2) is 32.9 Å². The molecule has 1 saturated heterocycles. The van der Waals surface area contributed by atoms with E-state index in [0.29, 0.717) is 5.92 Å². The van der Waals surface area contributed by atoms with Crippen molar-refractivity contribution in [2.24, 2.45) is 0 Å². The second-order valence-corrected chi connectivity index (χ2v) is 6.03. The van der Waals surface area contributed by atoms with Gasteiger partial charge in [-0.05, 0) is 43.6 Å². The molecule has 0 aliphatic carbocycles. The summed E-state index contributed by atoms with van der Waals surface area (Å²) in [6, 6.07) is 14.7. The van der Waals surface area contributed by atoms with Gasteiger partial charge < -0.3 is 4.98 Å². The van der Waals surface area contributed by atoms with Gasteiger partial charge in [-0.15, -0.1) is 0 Å². The Hall–Kier alpha value is -2.20. The number of pyridine rings is 1. The number of aromatic nitrogens is 3. The van der Waals surface area contributed by atoms with E-state index in [-0.39, 0.29) is 0 Å². The van der Waals surface area contributed by atoms with E-state index < -0.39 is 0 Å². The molecule has 0 saturated carbocycles. The van der Waals surface area contributed by atoms with E-state index in [0.717, 1.165) is 49.5 Å². The molecule has 112 valence electrons. The van der Waals surface area contributed by atoms with Gasteiger partial charge in [0, 0.05) is 18.7 Å². The van der Waals surface area contributed by atoms with E-state index in [1.807, 2.05) is 12.1 Å². The molecule has 0 amide bonds. The lowest BCUT2D eigenvalue weighted by atomic mass is 9.96. The Bertz CT molecular complexity index is 709. The maximum absolute atomic E-state index is 4.66. The molecule has 3 heterocycles. The summed E-state index contributed by atoms with van der Waals surface area (Å²) in [5.41, 5.74) is 3.28. The fourth-order valence-corrected chi connectivity index (χ4v) is 3.26. The van der Waals surface area contributed by atoms with Gasteiger partial charge in [0.05, 0.1) is 5.52 Å². The summed E-state index contributed by atoms with van der Waals surface area (Å²) in [4.78, 5) is 14.9. The molecular formula is C18H20N4. The summed E-state index contributed by atoms with van der Waals surface area (Å²) in [5, 5.41) is 0. The third-order valence-corrected chi connectivity index (χ3v) is 4.50. The summed E-state index contributed by atoms with van der Waals surface area (Å²) >= 11 is 0. The first-order valence-electron chi connectivity index (χ1n) is 7.95. The number of hydrogen-bond acceptors (Lipinski definition) is 3. The van der Waals surface area contributed by atoms with Gasteiger partial charge in [-0.1, -0.05) is 30.3 Å². The number of nitrogens with one attached hydrogen (secondary N) is 1. The van der Waals surface area contributed by atoms with Crippen LogP contribution >= 0.6 is 0 Å². The first-order valence-corrected chi connectivity index (χ1v) is 7.95. The third-order valence-electron chi connectivity index (χ3n) is 4.50. The minimum Gasteiger partial charge on any atom is -0.340 e. The largest absolute Gasteiger partial charge is 0.340 e. The Morgan fingerprint density at radius 2 is 1.86 bits per heavy atom. The molecule has 4 heteroatoms. The van der Waals surface area contributed by atoms with E-state index in [2.05, 4.69) is 50.2 Å². The minimum absolute atomic E-state index is 0.529. The molecule has 1 N–H and O–H groups in total. The maximum atomic E-state index is 4.66. The molecule has 4 rings (SSSR count). The number of nitrogens with zero attached hydrogens (tertiary/aromatic N) is 3. The Labute approximate surface area is 130 Å². The number of imidazole rings is 1. The van der Waals surface area contributed by atoms with Crippen LogP contribution in [0.4, 0.5) is 0 Å². The molecule has 0 radical (unpaired) electrons. The van der Waals surface area contributed by atoms with Crippen LogP contribution in [0, 0.1) is 0 Å². The van der Waals surface area contributed by atoms with Crippen LogP contribution in [0.2, 0.25) is 0 Å². The topological polar surface area (TPSA) is 44.8 Å². The van der Waals surface area contributed by atoms with Crippen LogP contribution in [-0.2, 0) is 6.54 Å². The number of rotatable bonds is 3. The van der Waals surface area contributed by atoms with Crippen LogP contribution < -0.4 is 0 Å². The first-order chi connectivity index (χ1) is 10.9. The number of aromatic amines is 1. The zero-order valence-corrected chi connectivity index (χ0v) is 12.6. The molecule has 0 spiro atoms. The van der Waals surface area contributed by atoms with E-state index in [4.69, 9.17) is 0 Å². The molecule has 3 aromatic rings. The fraction of sp³-hybridized carbons (Fsp3) is 0.333. The van der Waals surface area contributed by atoms with E-state index >= 15 is 0 Å². The highest BCUT2D eigenvalue weighted by Crippen LogP contribution is 2.27. The number of H-pyrrole nitrogens is 1. The fourth-order valence-electron chi connectivity index (χ4n) is 3.26. The highest BCUT2D eigenvalue weighted by molar-refractivity contribution is 5.70. The third kappa shape index (κ3) is 2.74. The summed E-state index contributed by atoms with van der Waals surface area (Å²) in [7, 11) is 0. The molecule has 1 aromatic carbocycles. The van der Waals surface area contributed by atoms with Crippen LogP contribution in [0.25, 0.3) is 11.2 Å². The lowest BCUT2D eigenvalue weighted by Crippen LogP contribution is -2.32. The molecular weight excluding hydrogens is 272 g/mol. The van der Waals surface area contributed by atoms with Crippen LogP contribution in [0.3, 0.4) is 0 Å². The molecule has 0 unspecified atom stereocenters. The lowest BCUT2D eigenvalue weighted by molar-refractivity contribution is 0.202. The Morgan fingerprint density at radius 1 is 1.05 bits per heavy atom. The number of piperidine rings is 1. The zero-order chi connectivity index (χ0) is 14.8. The smallest absolute Gasteiger partial charge is 0.177 e. The molecule has 22 heavy (non-hydrogen) atoms. The second kappa shape index (κ2) is 5.89. The van der Waals surface area contributed by atoms with Gasteiger partial charge in [-0.3, -0.25) is 4.90 Å². The quantitative estimate of drug-likeness (QED) is 0.805. The van der Waals surface area contributed by atoms with Crippen molar-refractivity contribution in [2.75, 3.05) is 13.1 Å². The SMILES string of the molecule is c1ccc(CN2CCC(c3nc4ncccc4[nH]3)CC2)cc1. The van der Waals surface area contributed by atoms with Crippen LogP contribution in [0.5, 0.6) is 0 Å². The van der Waals surface area contributed by atoms with Crippen molar-refractivity contribution in [3.63, 3.8) is 0 Å². The van der Waals surface area contributed by atoms with Crippen molar-refractivity contribution in [2.45, 2.75) is 25.3 Å². The normalized spacial score (nSPS) is 17.1. The lowest BCUT2D eigenvalue weighted by Gasteiger charge is -2.31. The predicted octanol–water partition coefficient (Wildman–Crippen LogP) is 3.34. The van der Waals surface area contributed by atoms with Crippen molar-refractivity contribution in [3.05, 3.63) is 60.0 Å². The molecule has 1 aliphatic rings. The molecule has 2 aromatic heterocycles. The first kappa shape index (κ1) is 13.5. The van der Waals surface area contributed by atoms with Gasteiger partial charge in [0.15, 0.2) is 5.65 Å². The van der Waals surface area contributed by atoms with Gasteiger partial charge >= 0.3 is 0 Å². The second-order valence-electron chi connectivity index (χ2n) is 6.03. The number of hydrogen-bond donors (Lipinski definition) is 1. The Kier molecular flexibility index (Phi) is 3.60. The van der Waals surface area contributed by atoms with Gasteiger partial charge in [-0.2, -0.15) is 0 Å². The van der Waals surface area contributed by atoms with Crippen molar-refractivity contribution < 1.29 is 0 Å². The van der Waals surface area contributed by atoms with Crippen molar-refractivity contribution in [1.29, 1.82) is 0 Å². The standard InChI is InChI=1S/C18H20N4/c1-2-5-14(6-3-1)13-22-11-8-15(9-12-22)17-20-16-7-4-10-19-18(16)21-17/h1-7,10,15H,8-9,11-13H2,(H,19,20,21). The molecule has 1 fully saturated rings. The highest BCUT2D eigenvalue weighted by atomic mass is 15.1. The zero-order valence-electron chi connectivity index (χ0n) is 12.6. The summed E-state index contributed by atoms with van der Waals surface area (Å²) in [6.45, 7) is 3.31. The van der Waals surface area contributed by atoms with E-state index in [1.165, 1.54) is 5.56 Å². The monoisotopic (exact) mass is 292 g/mol. The number of likely N-dealkylation sites (tertiary alicyclic amines) is 1. The van der Waals surface area contributed by atoms with Crippen LogP contribution in [0.1, 0.15) is 30.1 Å². The number of fused-ring (bicyclic) bond motifs is 1. The van der Waals surface area contributed by atoms with E-state index in [9.17, 15) is 0 Å². The minimum atomic E-state index is 0.529. The van der Waals surface area contributed by atoms with Gasteiger partial charge in [0.1, 0.15) is 5.82 Å². The molecule has 0 atom stereocenters. The van der Waals surface area contributed by atoms with Gasteiger partial charge in [0.25, 0.3) is 0 Å². The molecule has 0 bridgehead atoms. The molecule has 1 aliphatic heterocycles. The summed E-state index contributed by atoms with van der Waals surface area (Å²) < 4.78 is 0. The average Bonchev–Trinajstić information content (AvgIpc) is 3.00. The average molecular weight is 292 g/mol. The maximum Gasteiger partial charge on any atom is 0.177 e. The number of benzene rings is 1. The molecule has 4 nitrogen and oxygen atoms in total. The summed E-state index contributed by atoms with van der Waals surface area (Å²) in [5.74, 6) is 1.63. The van der Waals surface area contributed by atoms with Gasteiger partial charge in [-0.25, -0.2) is 9.97 Å². The summed E-state index contributed by atoms with van der Waals surface area (Å²) in [6.07, 6.45) is 4.12.